The van der Waals surface area contributed by atoms with Gasteiger partial charge in [-0.15, -0.1) is 0 Å². The molecule has 0 saturated heterocycles. The molecular formula is C21H27N5. The molecule has 0 amide bonds. The monoisotopic (exact) mass is 349 g/mol. The molecule has 0 spiro atoms. The van der Waals surface area contributed by atoms with E-state index in [0.29, 0.717) is 13.0 Å². The molecule has 3 aromatic rings. The van der Waals surface area contributed by atoms with Crippen molar-refractivity contribution in [3.63, 3.8) is 0 Å². The van der Waals surface area contributed by atoms with Crippen LogP contribution in [-0.2, 0) is 6.42 Å². The normalized spacial score (nSPS) is 12.9. The largest absolute Gasteiger partial charge is 0.363 e. The Kier molecular flexibility index (Phi) is 5.47. The van der Waals surface area contributed by atoms with Crippen LogP contribution in [0.1, 0.15) is 44.6 Å². The van der Waals surface area contributed by atoms with Crippen LogP contribution >= 0.6 is 0 Å². The summed E-state index contributed by atoms with van der Waals surface area (Å²) in [6, 6.07) is 12.3. The number of anilines is 1. The Hall–Kier alpha value is -2.53. The molecule has 5 heteroatoms. The van der Waals surface area contributed by atoms with Gasteiger partial charge in [-0.2, -0.15) is 0 Å². The molecule has 2 heterocycles. The molecule has 5 nitrogen and oxygen atoms in total. The number of benzene rings is 1. The maximum Gasteiger partial charge on any atom is 0.138 e. The molecule has 0 unspecified atom stereocenters. The Bertz CT molecular complexity index is 855. The van der Waals surface area contributed by atoms with E-state index in [1.807, 2.05) is 30.5 Å². The quantitative estimate of drug-likeness (QED) is 0.700. The molecule has 0 aliphatic heterocycles. The van der Waals surface area contributed by atoms with Crippen molar-refractivity contribution in [2.75, 3.05) is 11.9 Å². The molecule has 0 bridgehead atoms. The Morgan fingerprint density at radius 3 is 2.58 bits per heavy atom. The summed E-state index contributed by atoms with van der Waals surface area (Å²) < 4.78 is 0. The molecule has 3 rings (SSSR count). The van der Waals surface area contributed by atoms with Gasteiger partial charge in [0.1, 0.15) is 11.6 Å². The summed E-state index contributed by atoms with van der Waals surface area (Å²) in [5.41, 5.74) is 7.98. The lowest BCUT2D eigenvalue weighted by atomic mass is 9.86. The number of nitrogens with two attached hydrogens (primary N) is 1. The van der Waals surface area contributed by atoms with Gasteiger partial charge in [0.15, 0.2) is 0 Å². The fourth-order valence-corrected chi connectivity index (χ4v) is 3.09. The van der Waals surface area contributed by atoms with Crippen molar-refractivity contribution < 1.29 is 0 Å². The zero-order chi connectivity index (χ0) is 18.6. The van der Waals surface area contributed by atoms with Gasteiger partial charge in [-0.05, 0) is 42.1 Å². The predicted octanol–water partition coefficient (Wildman–Crippen LogP) is 4.12. The standard InChI is InChI=1S/C21H27N5/c1-21(2,3)13-18(15-7-6-12-23-14-15)25-20-16-8-4-5-9-17(16)24-19(26-20)10-11-22/h4-9,12,14,18H,10-11,13,22H2,1-3H3,(H,24,25,26)/t18-/m1/s1. The lowest BCUT2D eigenvalue weighted by Crippen LogP contribution is -2.20. The minimum absolute atomic E-state index is 0.118. The highest BCUT2D eigenvalue weighted by molar-refractivity contribution is 5.89. The van der Waals surface area contributed by atoms with E-state index < -0.39 is 0 Å². The van der Waals surface area contributed by atoms with Gasteiger partial charge in [0.05, 0.1) is 11.6 Å². The van der Waals surface area contributed by atoms with Gasteiger partial charge in [0.25, 0.3) is 0 Å². The number of fused-ring (bicyclic) bond motifs is 1. The van der Waals surface area contributed by atoms with Crippen molar-refractivity contribution in [2.45, 2.75) is 39.7 Å². The van der Waals surface area contributed by atoms with Crippen LogP contribution in [0.25, 0.3) is 10.9 Å². The van der Waals surface area contributed by atoms with Crippen LogP contribution in [0.3, 0.4) is 0 Å². The number of nitrogens with zero attached hydrogens (tertiary/aromatic N) is 3. The molecule has 1 aromatic carbocycles. The smallest absolute Gasteiger partial charge is 0.138 e. The van der Waals surface area contributed by atoms with E-state index in [0.717, 1.165) is 34.5 Å². The third-order valence-corrected chi connectivity index (χ3v) is 4.23. The minimum atomic E-state index is 0.118. The summed E-state index contributed by atoms with van der Waals surface area (Å²) in [7, 11) is 0. The fourth-order valence-electron chi connectivity index (χ4n) is 3.09. The highest BCUT2D eigenvalue weighted by Crippen LogP contribution is 2.33. The zero-order valence-corrected chi connectivity index (χ0v) is 15.7. The van der Waals surface area contributed by atoms with Crippen molar-refractivity contribution in [2.24, 2.45) is 11.1 Å². The maximum atomic E-state index is 5.72. The number of pyridine rings is 1. The second-order valence-corrected chi connectivity index (χ2v) is 7.79. The summed E-state index contributed by atoms with van der Waals surface area (Å²) in [4.78, 5) is 13.7. The number of rotatable bonds is 6. The average molecular weight is 349 g/mol. The predicted molar refractivity (Wildman–Crippen MR) is 107 cm³/mol. The van der Waals surface area contributed by atoms with E-state index in [9.17, 15) is 0 Å². The lowest BCUT2D eigenvalue weighted by Gasteiger charge is -2.28. The van der Waals surface area contributed by atoms with Gasteiger partial charge in [0.2, 0.25) is 0 Å². The highest BCUT2D eigenvalue weighted by Gasteiger charge is 2.22. The summed E-state index contributed by atoms with van der Waals surface area (Å²) in [6.07, 6.45) is 5.35. The van der Waals surface area contributed by atoms with E-state index in [2.05, 4.69) is 48.2 Å². The third-order valence-electron chi connectivity index (χ3n) is 4.23. The molecular weight excluding hydrogens is 322 g/mol. The Labute approximate surface area is 155 Å². The Morgan fingerprint density at radius 1 is 1.08 bits per heavy atom. The van der Waals surface area contributed by atoms with Crippen LogP contribution in [0.15, 0.2) is 48.8 Å². The van der Waals surface area contributed by atoms with Gasteiger partial charge in [-0.3, -0.25) is 4.98 Å². The number of hydrogen-bond acceptors (Lipinski definition) is 5. The van der Waals surface area contributed by atoms with Crippen LogP contribution in [0, 0.1) is 5.41 Å². The van der Waals surface area contributed by atoms with Gasteiger partial charge in [0, 0.05) is 24.2 Å². The van der Waals surface area contributed by atoms with Crippen molar-refractivity contribution in [1.29, 1.82) is 0 Å². The van der Waals surface area contributed by atoms with Gasteiger partial charge in [-0.1, -0.05) is 39.0 Å². The SMILES string of the molecule is CC(C)(C)C[C@@H](Nc1nc(CCN)nc2ccccc12)c1cccnc1. The Balaban J connectivity index is 2.02. The maximum absolute atomic E-state index is 5.72. The first kappa shape index (κ1) is 18.3. The molecule has 0 aliphatic rings. The number of nitrogens with one attached hydrogen (secondary N) is 1. The molecule has 3 N–H and O–H groups in total. The lowest BCUT2D eigenvalue weighted by molar-refractivity contribution is 0.352. The first-order valence-corrected chi connectivity index (χ1v) is 9.08. The minimum Gasteiger partial charge on any atom is -0.363 e. The van der Waals surface area contributed by atoms with Crippen LogP contribution in [0.5, 0.6) is 0 Å². The van der Waals surface area contributed by atoms with Crippen LogP contribution in [0.4, 0.5) is 5.82 Å². The molecule has 136 valence electrons. The van der Waals surface area contributed by atoms with Gasteiger partial charge >= 0.3 is 0 Å². The first-order valence-electron chi connectivity index (χ1n) is 9.08. The second kappa shape index (κ2) is 7.79. The van der Waals surface area contributed by atoms with Crippen molar-refractivity contribution >= 4 is 16.7 Å². The highest BCUT2D eigenvalue weighted by atomic mass is 15.1. The molecule has 0 radical (unpaired) electrons. The molecule has 0 saturated carbocycles. The van der Waals surface area contributed by atoms with E-state index in [-0.39, 0.29) is 11.5 Å². The summed E-state index contributed by atoms with van der Waals surface area (Å²) in [6.45, 7) is 7.27. The second-order valence-electron chi connectivity index (χ2n) is 7.79. The van der Waals surface area contributed by atoms with Gasteiger partial charge in [-0.25, -0.2) is 9.97 Å². The molecule has 1 atom stereocenters. The molecule has 0 aliphatic carbocycles. The van der Waals surface area contributed by atoms with Gasteiger partial charge < -0.3 is 11.1 Å². The molecule has 26 heavy (non-hydrogen) atoms. The van der Waals surface area contributed by atoms with Crippen molar-refractivity contribution in [3.05, 3.63) is 60.2 Å². The number of para-hydroxylation sites is 1. The number of hydrogen-bond donors (Lipinski definition) is 2. The fraction of sp³-hybridized carbons (Fsp3) is 0.381. The summed E-state index contributed by atoms with van der Waals surface area (Å²) in [5, 5.41) is 4.69. The van der Waals surface area contributed by atoms with Crippen molar-refractivity contribution in [3.8, 4) is 0 Å². The van der Waals surface area contributed by atoms with Crippen LogP contribution < -0.4 is 11.1 Å². The average Bonchev–Trinajstić information content (AvgIpc) is 2.61. The zero-order valence-electron chi connectivity index (χ0n) is 15.7. The number of aromatic nitrogens is 3. The first-order chi connectivity index (χ1) is 12.5. The van der Waals surface area contributed by atoms with Crippen LogP contribution in [-0.4, -0.2) is 21.5 Å². The Morgan fingerprint density at radius 2 is 1.88 bits per heavy atom. The molecule has 2 aromatic heterocycles. The molecule has 0 fully saturated rings. The van der Waals surface area contributed by atoms with E-state index >= 15 is 0 Å². The third kappa shape index (κ3) is 4.55. The summed E-state index contributed by atoms with van der Waals surface area (Å²) in [5.74, 6) is 1.63. The summed E-state index contributed by atoms with van der Waals surface area (Å²) >= 11 is 0. The van der Waals surface area contributed by atoms with E-state index in [4.69, 9.17) is 10.7 Å². The van der Waals surface area contributed by atoms with Crippen molar-refractivity contribution in [1.82, 2.24) is 15.0 Å². The van der Waals surface area contributed by atoms with E-state index in [1.165, 1.54) is 0 Å². The van der Waals surface area contributed by atoms with Crippen LogP contribution in [0.2, 0.25) is 0 Å². The van der Waals surface area contributed by atoms with E-state index in [1.54, 1.807) is 6.20 Å². The topological polar surface area (TPSA) is 76.7 Å².